The number of ether oxygens (including phenoxy) is 2. The molecule has 7 nitrogen and oxygen atoms in total. The lowest BCUT2D eigenvalue weighted by atomic mass is 10.2. The van der Waals surface area contributed by atoms with Gasteiger partial charge in [-0.3, -0.25) is 9.59 Å². The van der Waals surface area contributed by atoms with Gasteiger partial charge in [0.25, 0.3) is 0 Å². The first-order valence-corrected chi connectivity index (χ1v) is 8.52. The lowest BCUT2D eigenvalue weighted by molar-refractivity contribution is -0.138. The van der Waals surface area contributed by atoms with Crippen molar-refractivity contribution in [3.05, 3.63) is 17.2 Å². The quantitative estimate of drug-likeness (QED) is 0.828. The molecule has 1 aromatic rings. The number of rotatable bonds is 6. The van der Waals surface area contributed by atoms with E-state index >= 15 is 0 Å². The molecular weight excluding hydrogens is 346 g/mol. The fourth-order valence-corrected chi connectivity index (χ4v) is 2.96. The van der Waals surface area contributed by atoms with E-state index in [1.54, 1.807) is 43.1 Å². The fourth-order valence-electron chi connectivity index (χ4n) is 2.73. The molecule has 0 bridgehead atoms. The molecule has 1 aliphatic rings. The van der Waals surface area contributed by atoms with Crippen LogP contribution in [0.25, 0.3) is 0 Å². The molecule has 0 atom stereocenters. The van der Waals surface area contributed by atoms with E-state index in [1.165, 1.54) is 0 Å². The number of hydrogen-bond donors (Lipinski definition) is 1. The molecule has 0 unspecified atom stereocenters. The number of hydrogen-bond acceptors (Lipinski definition) is 5. The number of methoxy groups -OCH3 is 2. The summed E-state index contributed by atoms with van der Waals surface area (Å²) in [5.41, 5.74) is 0.720. The van der Waals surface area contributed by atoms with Gasteiger partial charge >= 0.3 is 0 Å². The third kappa shape index (κ3) is 4.92. The number of halogens is 1. The highest BCUT2D eigenvalue weighted by Crippen LogP contribution is 2.35. The molecule has 2 rings (SSSR count). The van der Waals surface area contributed by atoms with Crippen molar-refractivity contribution in [1.29, 1.82) is 0 Å². The second-order valence-electron chi connectivity index (χ2n) is 5.75. The monoisotopic (exact) mass is 369 g/mol. The van der Waals surface area contributed by atoms with Gasteiger partial charge < -0.3 is 24.6 Å². The number of benzene rings is 1. The summed E-state index contributed by atoms with van der Waals surface area (Å²) in [6.45, 7) is 4.36. The number of carbonyl (C=O) groups is 2. The molecule has 8 heteroatoms. The molecule has 0 saturated carbocycles. The molecule has 1 aliphatic heterocycles. The Morgan fingerprint density at radius 3 is 2.24 bits per heavy atom. The average Bonchev–Trinajstić information content (AvgIpc) is 2.62. The Hall–Kier alpha value is -2.15. The fraction of sp³-hybridized carbons (Fsp3) is 0.529. The average molecular weight is 370 g/mol. The minimum atomic E-state index is 0.0533. The zero-order chi connectivity index (χ0) is 18.4. The Morgan fingerprint density at radius 1 is 1.08 bits per heavy atom. The topological polar surface area (TPSA) is 71.1 Å². The maximum atomic E-state index is 12.3. The number of nitrogens with zero attached hydrogens (tertiary/aromatic N) is 2. The van der Waals surface area contributed by atoms with Crippen molar-refractivity contribution in [3.8, 4) is 11.5 Å². The lowest BCUT2D eigenvalue weighted by Crippen LogP contribution is -2.50. The van der Waals surface area contributed by atoms with Crippen LogP contribution in [0.3, 0.4) is 0 Å². The molecule has 138 valence electrons. The molecule has 2 amide bonds. The summed E-state index contributed by atoms with van der Waals surface area (Å²) < 4.78 is 10.5. The van der Waals surface area contributed by atoms with E-state index in [9.17, 15) is 9.59 Å². The zero-order valence-electron chi connectivity index (χ0n) is 14.8. The minimum absolute atomic E-state index is 0.0533. The Balaban J connectivity index is 1.86. The Bertz CT molecular complexity index is 631. The number of nitrogens with one attached hydrogen (secondary N) is 1. The van der Waals surface area contributed by atoms with Gasteiger partial charge in [-0.1, -0.05) is 11.6 Å². The van der Waals surface area contributed by atoms with Crippen LogP contribution in [-0.4, -0.2) is 68.6 Å². The van der Waals surface area contributed by atoms with Crippen molar-refractivity contribution in [2.75, 3.05) is 52.3 Å². The second kappa shape index (κ2) is 8.80. The summed E-state index contributed by atoms with van der Waals surface area (Å²) in [7, 11) is 3.10. The third-order valence-electron chi connectivity index (χ3n) is 4.21. The van der Waals surface area contributed by atoms with Gasteiger partial charge in [-0.15, -0.1) is 0 Å². The van der Waals surface area contributed by atoms with Crippen LogP contribution in [0, 0.1) is 0 Å². The van der Waals surface area contributed by atoms with Crippen molar-refractivity contribution in [3.63, 3.8) is 0 Å². The third-order valence-corrected chi connectivity index (χ3v) is 4.50. The van der Waals surface area contributed by atoms with Gasteiger partial charge in [-0.25, -0.2) is 0 Å². The Morgan fingerprint density at radius 2 is 1.68 bits per heavy atom. The molecule has 1 fully saturated rings. The van der Waals surface area contributed by atoms with Gasteiger partial charge in [0.2, 0.25) is 11.8 Å². The van der Waals surface area contributed by atoms with Gasteiger partial charge in [0, 0.05) is 58.2 Å². The van der Waals surface area contributed by atoms with Crippen LogP contribution in [0.15, 0.2) is 12.1 Å². The van der Waals surface area contributed by atoms with E-state index in [1.807, 2.05) is 0 Å². The van der Waals surface area contributed by atoms with Gasteiger partial charge in [0.15, 0.2) is 0 Å². The normalized spacial score (nSPS) is 14.2. The standard InChI is InChI=1S/C17H24ClN3O4/c1-12(22)20-6-8-21(9-7-20)17(23)4-5-19-14-11-15(24-2)13(18)10-16(14)25-3/h10-11,19H,4-9H2,1-3H3. The summed E-state index contributed by atoms with van der Waals surface area (Å²) in [5.74, 6) is 1.25. The first kappa shape index (κ1) is 19.2. The number of piperazine rings is 1. The maximum Gasteiger partial charge on any atom is 0.224 e. The number of anilines is 1. The first-order valence-electron chi connectivity index (χ1n) is 8.15. The Labute approximate surface area is 152 Å². The van der Waals surface area contributed by atoms with E-state index in [0.717, 1.165) is 5.69 Å². The van der Waals surface area contributed by atoms with Gasteiger partial charge in [-0.05, 0) is 0 Å². The highest BCUT2D eigenvalue weighted by molar-refractivity contribution is 6.32. The van der Waals surface area contributed by atoms with Crippen LogP contribution in [0.5, 0.6) is 11.5 Å². The summed E-state index contributed by atoms with van der Waals surface area (Å²) in [4.78, 5) is 27.2. The summed E-state index contributed by atoms with van der Waals surface area (Å²) >= 11 is 6.08. The first-order chi connectivity index (χ1) is 12.0. The maximum absolute atomic E-state index is 12.3. The molecular formula is C17H24ClN3O4. The van der Waals surface area contributed by atoms with E-state index in [2.05, 4.69) is 5.32 Å². The van der Waals surface area contributed by atoms with Crippen molar-refractivity contribution in [1.82, 2.24) is 9.80 Å². The highest BCUT2D eigenvalue weighted by atomic mass is 35.5. The van der Waals surface area contributed by atoms with Crippen molar-refractivity contribution in [2.24, 2.45) is 0 Å². The van der Waals surface area contributed by atoms with Crippen LogP contribution in [-0.2, 0) is 9.59 Å². The molecule has 0 radical (unpaired) electrons. The van der Waals surface area contributed by atoms with E-state index in [4.69, 9.17) is 21.1 Å². The van der Waals surface area contributed by atoms with Gasteiger partial charge in [0.05, 0.1) is 24.9 Å². The summed E-state index contributed by atoms with van der Waals surface area (Å²) in [6, 6.07) is 3.42. The number of amides is 2. The molecule has 0 aliphatic carbocycles. The summed E-state index contributed by atoms with van der Waals surface area (Å²) in [5, 5.41) is 3.65. The van der Waals surface area contributed by atoms with Crippen molar-refractivity contribution < 1.29 is 19.1 Å². The summed E-state index contributed by atoms with van der Waals surface area (Å²) in [6.07, 6.45) is 0.355. The predicted molar refractivity (Wildman–Crippen MR) is 96.5 cm³/mol. The van der Waals surface area contributed by atoms with Crippen molar-refractivity contribution in [2.45, 2.75) is 13.3 Å². The highest BCUT2D eigenvalue weighted by Gasteiger charge is 2.22. The van der Waals surface area contributed by atoms with Crippen LogP contribution in [0.1, 0.15) is 13.3 Å². The van der Waals surface area contributed by atoms with Crippen molar-refractivity contribution >= 4 is 29.1 Å². The molecule has 1 N–H and O–H groups in total. The number of carbonyl (C=O) groups excluding carboxylic acids is 2. The molecule has 1 heterocycles. The molecule has 25 heavy (non-hydrogen) atoms. The zero-order valence-corrected chi connectivity index (χ0v) is 15.6. The smallest absolute Gasteiger partial charge is 0.224 e. The van der Waals surface area contributed by atoms with E-state index in [0.29, 0.717) is 55.7 Å². The Kier molecular flexibility index (Phi) is 6.75. The van der Waals surface area contributed by atoms with E-state index in [-0.39, 0.29) is 11.8 Å². The lowest BCUT2D eigenvalue weighted by Gasteiger charge is -2.34. The minimum Gasteiger partial charge on any atom is -0.495 e. The van der Waals surface area contributed by atoms with Crippen LogP contribution < -0.4 is 14.8 Å². The van der Waals surface area contributed by atoms with Crippen LogP contribution >= 0.6 is 11.6 Å². The molecule has 1 saturated heterocycles. The molecule has 1 aromatic carbocycles. The SMILES string of the molecule is COc1cc(NCCC(=O)N2CCN(C(C)=O)CC2)c(OC)cc1Cl. The van der Waals surface area contributed by atoms with Crippen LogP contribution in [0.2, 0.25) is 5.02 Å². The second-order valence-corrected chi connectivity index (χ2v) is 6.16. The van der Waals surface area contributed by atoms with Gasteiger partial charge in [0.1, 0.15) is 11.5 Å². The molecule has 0 spiro atoms. The largest absolute Gasteiger partial charge is 0.495 e. The molecule has 0 aromatic heterocycles. The van der Waals surface area contributed by atoms with Crippen LogP contribution in [0.4, 0.5) is 5.69 Å². The van der Waals surface area contributed by atoms with E-state index < -0.39 is 0 Å². The van der Waals surface area contributed by atoms with Gasteiger partial charge in [-0.2, -0.15) is 0 Å². The predicted octanol–water partition coefficient (Wildman–Crippen LogP) is 1.85.